The molecule has 0 spiro atoms. The second kappa shape index (κ2) is 6.42. The highest BCUT2D eigenvalue weighted by molar-refractivity contribution is 6.68. The summed E-state index contributed by atoms with van der Waals surface area (Å²) in [6.45, 7) is -0.769. The molecule has 0 aliphatic carbocycles. The average Bonchev–Trinajstić information content (AvgIpc) is 1.96. The van der Waals surface area contributed by atoms with Crippen molar-refractivity contribution in [2.24, 2.45) is 0 Å². The maximum absolute atomic E-state index is 5.52. The normalized spacial score (nSPS) is 14.4. The van der Waals surface area contributed by atoms with E-state index < -0.39 is 12.3 Å². The highest BCUT2D eigenvalue weighted by atomic mass is 35.6. The molecule has 0 rings (SSSR count). The third-order valence-electron chi connectivity index (χ3n) is 0.808. The summed E-state index contributed by atoms with van der Waals surface area (Å²) >= 11 is 43.3. The molecule has 0 aromatic rings. The Hall–Kier alpha value is 2.24. The zero-order chi connectivity index (χ0) is 12.3. The first-order valence-electron chi connectivity index (χ1n) is 3.20. The molecule has 0 unspecified atom stereocenters. The second-order valence-corrected chi connectivity index (χ2v) is 8.49. The van der Waals surface area contributed by atoms with Gasteiger partial charge in [0.15, 0.2) is 0 Å². The maximum atomic E-state index is 5.52. The summed E-state index contributed by atoms with van der Waals surface area (Å²) < 4.78 is 4.07. The van der Waals surface area contributed by atoms with E-state index in [4.69, 9.17) is 102 Å². The van der Waals surface area contributed by atoms with Crippen LogP contribution < -0.4 is 0 Å². The number of hydrogen-bond donors (Lipinski definition) is 0. The molecule has 0 saturated heterocycles. The molecule has 0 bridgehead atoms. The van der Waals surface area contributed by atoms with E-state index in [1.165, 1.54) is 0 Å². The van der Waals surface area contributed by atoms with Gasteiger partial charge in [0.05, 0.1) is 13.2 Å². The molecule has 0 aromatic carbocycles. The SMILES string of the molecule is ClC(Cl)(Cl)COC(Cl)(Cl)OCC(Cl)(Cl)Cl. The van der Waals surface area contributed by atoms with E-state index in [1.54, 1.807) is 0 Å². The Morgan fingerprint density at radius 2 is 0.867 bits per heavy atom. The quantitative estimate of drug-likeness (QED) is 0.513. The standard InChI is InChI=1S/C5H4Cl8O2/c6-3(7,8)1-14-5(12,13)15-2-4(9,10)11/h1-2H2. The van der Waals surface area contributed by atoms with Crippen molar-refractivity contribution in [1.82, 2.24) is 0 Å². The number of alkyl halides is 8. The van der Waals surface area contributed by atoms with E-state index in [9.17, 15) is 0 Å². The average molecular weight is 380 g/mol. The van der Waals surface area contributed by atoms with Crippen molar-refractivity contribution in [1.29, 1.82) is 0 Å². The van der Waals surface area contributed by atoms with Crippen LogP contribution in [0.1, 0.15) is 0 Å². The van der Waals surface area contributed by atoms with Crippen LogP contribution >= 0.6 is 92.8 Å². The minimum atomic E-state index is -2.05. The minimum absolute atomic E-state index is 0.384. The van der Waals surface area contributed by atoms with Gasteiger partial charge in [0.1, 0.15) is 0 Å². The van der Waals surface area contributed by atoms with Crippen LogP contribution in [0.25, 0.3) is 0 Å². The van der Waals surface area contributed by atoms with Gasteiger partial charge in [-0.15, -0.1) is 0 Å². The summed E-state index contributed by atoms with van der Waals surface area (Å²) in [5.41, 5.74) is 0. The van der Waals surface area contributed by atoms with Crippen molar-refractivity contribution in [3.63, 3.8) is 0 Å². The molecule has 0 aliphatic rings. The predicted molar refractivity (Wildman–Crippen MR) is 66.9 cm³/mol. The van der Waals surface area contributed by atoms with E-state index in [-0.39, 0.29) is 13.2 Å². The summed E-state index contributed by atoms with van der Waals surface area (Å²) in [6.07, 6.45) is 0. The van der Waals surface area contributed by atoms with Crippen LogP contribution in [0.15, 0.2) is 0 Å². The zero-order valence-electron chi connectivity index (χ0n) is 6.75. The lowest BCUT2D eigenvalue weighted by molar-refractivity contribution is -0.118. The van der Waals surface area contributed by atoms with Crippen molar-refractivity contribution >= 4 is 92.8 Å². The number of halogens is 8. The van der Waals surface area contributed by atoms with Crippen LogP contribution in [-0.2, 0) is 9.47 Å². The largest absolute Gasteiger partial charge is 0.332 e. The van der Waals surface area contributed by atoms with E-state index in [0.717, 1.165) is 0 Å². The Morgan fingerprint density at radius 1 is 0.600 bits per heavy atom. The van der Waals surface area contributed by atoms with E-state index in [2.05, 4.69) is 0 Å². The van der Waals surface area contributed by atoms with Gasteiger partial charge in [-0.3, -0.25) is 0 Å². The van der Waals surface area contributed by atoms with Crippen LogP contribution in [0.3, 0.4) is 0 Å². The highest BCUT2D eigenvalue weighted by Gasteiger charge is 2.34. The fourth-order valence-corrected chi connectivity index (χ4v) is 0.919. The first-order valence-corrected chi connectivity index (χ1v) is 6.23. The van der Waals surface area contributed by atoms with Crippen LogP contribution in [-0.4, -0.2) is 25.5 Å². The van der Waals surface area contributed by atoms with Gasteiger partial charge in [-0.25, -0.2) is 0 Å². The second-order valence-electron chi connectivity index (χ2n) is 2.27. The van der Waals surface area contributed by atoms with Crippen molar-refractivity contribution in [2.75, 3.05) is 13.2 Å². The first kappa shape index (κ1) is 17.2. The molecule has 2 nitrogen and oxygen atoms in total. The monoisotopic (exact) mass is 376 g/mol. The molecule has 15 heavy (non-hydrogen) atoms. The summed E-state index contributed by atoms with van der Waals surface area (Å²) in [5, 5.41) is 0. The van der Waals surface area contributed by atoms with Crippen molar-refractivity contribution < 1.29 is 9.47 Å². The molecular formula is C5H4Cl8O2. The lowest BCUT2D eigenvalue weighted by atomic mass is 10.8. The molecule has 0 N–H and O–H groups in total. The molecule has 0 radical (unpaired) electrons. The van der Waals surface area contributed by atoms with Gasteiger partial charge in [-0.2, -0.15) is 0 Å². The molecule has 0 fully saturated rings. The fraction of sp³-hybridized carbons (Fsp3) is 1.00. The van der Waals surface area contributed by atoms with Crippen LogP contribution in [0.5, 0.6) is 0 Å². The van der Waals surface area contributed by atoms with Crippen molar-refractivity contribution in [2.45, 2.75) is 12.3 Å². The maximum Gasteiger partial charge on any atom is 0.332 e. The molecule has 0 aromatic heterocycles. The topological polar surface area (TPSA) is 18.5 Å². The lowest BCUT2D eigenvalue weighted by Gasteiger charge is -2.24. The fourth-order valence-electron chi connectivity index (χ4n) is 0.373. The van der Waals surface area contributed by atoms with E-state index in [0.29, 0.717) is 0 Å². The molecule has 0 heterocycles. The number of rotatable bonds is 4. The molecule has 0 atom stereocenters. The Kier molecular flexibility index (Phi) is 7.38. The third kappa shape index (κ3) is 12.5. The van der Waals surface area contributed by atoms with Crippen molar-refractivity contribution in [3.8, 4) is 0 Å². The van der Waals surface area contributed by atoms with Crippen molar-refractivity contribution in [3.05, 3.63) is 0 Å². The first-order chi connectivity index (χ1) is 6.41. The van der Waals surface area contributed by atoms with Gasteiger partial charge in [0, 0.05) is 0 Å². The summed E-state index contributed by atoms with van der Waals surface area (Å²) in [6, 6.07) is 0. The van der Waals surface area contributed by atoms with Gasteiger partial charge in [-0.05, 0) is 23.2 Å². The molecule has 0 aliphatic heterocycles. The predicted octanol–water partition coefficient (Wildman–Crippen LogP) is 4.85. The minimum Gasteiger partial charge on any atom is -0.320 e. The number of ether oxygens (including phenoxy) is 2. The molecule has 10 heteroatoms. The smallest absolute Gasteiger partial charge is 0.320 e. The Balaban J connectivity index is 3.98. The Labute approximate surface area is 127 Å². The van der Waals surface area contributed by atoms with Gasteiger partial charge in [0.25, 0.3) is 0 Å². The van der Waals surface area contributed by atoms with Crippen LogP contribution in [0.2, 0.25) is 0 Å². The highest BCUT2D eigenvalue weighted by Crippen LogP contribution is 2.34. The van der Waals surface area contributed by atoms with Crippen LogP contribution in [0.4, 0.5) is 0 Å². The van der Waals surface area contributed by atoms with E-state index >= 15 is 0 Å². The molecular weight excluding hydrogens is 376 g/mol. The Bertz CT molecular complexity index is 174. The van der Waals surface area contributed by atoms with Crippen LogP contribution in [0, 0.1) is 0 Å². The van der Waals surface area contributed by atoms with Gasteiger partial charge >= 0.3 is 4.71 Å². The molecule has 0 saturated carbocycles. The lowest BCUT2D eigenvalue weighted by Crippen LogP contribution is -2.30. The summed E-state index contributed by atoms with van der Waals surface area (Å²) in [5.74, 6) is 0. The van der Waals surface area contributed by atoms with E-state index in [1.807, 2.05) is 0 Å². The third-order valence-corrected chi connectivity index (χ3v) is 1.90. The molecule has 0 amide bonds. The van der Waals surface area contributed by atoms with Gasteiger partial charge < -0.3 is 9.47 Å². The van der Waals surface area contributed by atoms with Gasteiger partial charge in [-0.1, -0.05) is 69.6 Å². The Morgan fingerprint density at radius 3 is 1.07 bits per heavy atom. The molecule has 92 valence electrons. The zero-order valence-corrected chi connectivity index (χ0v) is 12.8. The summed E-state index contributed by atoms with van der Waals surface area (Å²) in [7, 11) is 0. The summed E-state index contributed by atoms with van der Waals surface area (Å²) in [4.78, 5) is 0. The number of hydrogen-bond acceptors (Lipinski definition) is 2. The van der Waals surface area contributed by atoms with Gasteiger partial charge in [0.2, 0.25) is 7.59 Å².